The number of rotatable bonds is 9. The molecule has 0 fully saturated rings. The number of allylic oxidation sites excluding steroid dienone is 1. The van der Waals surface area contributed by atoms with Crippen LogP contribution in [0.25, 0.3) is 10.9 Å². The van der Waals surface area contributed by atoms with Crippen molar-refractivity contribution in [2.24, 2.45) is 0 Å². The van der Waals surface area contributed by atoms with E-state index >= 15 is 0 Å². The Morgan fingerprint density at radius 3 is 2.79 bits per heavy atom. The number of carbonyl (C=O) groups excluding carboxylic acids is 1. The molecule has 2 aromatic heterocycles. The van der Waals surface area contributed by atoms with Crippen molar-refractivity contribution in [3.63, 3.8) is 0 Å². The molecule has 1 aromatic carbocycles. The number of amides is 1. The second-order valence-electron chi connectivity index (χ2n) is 7.66. The largest absolute Gasteiger partial charge is 0.425 e. The summed E-state index contributed by atoms with van der Waals surface area (Å²) in [7, 11) is 0. The summed E-state index contributed by atoms with van der Waals surface area (Å²) in [5.41, 5.74) is 3.86. The summed E-state index contributed by atoms with van der Waals surface area (Å²) >= 11 is 0. The van der Waals surface area contributed by atoms with Gasteiger partial charge >= 0.3 is 0 Å². The first-order valence-corrected chi connectivity index (χ1v) is 10.6. The van der Waals surface area contributed by atoms with Gasteiger partial charge in [-0.1, -0.05) is 29.8 Å². The molecule has 0 saturated carbocycles. The minimum atomic E-state index is 0.0416. The van der Waals surface area contributed by atoms with Gasteiger partial charge in [-0.25, -0.2) is 0 Å². The van der Waals surface area contributed by atoms with Crippen LogP contribution in [0.3, 0.4) is 0 Å². The number of hydrogen-bond acceptors (Lipinski definition) is 4. The van der Waals surface area contributed by atoms with Crippen LogP contribution in [-0.4, -0.2) is 27.6 Å². The Kier molecular flexibility index (Phi) is 6.39. The van der Waals surface area contributed by atoms with Gasteiger partial charge in [0.15, 0.2) is 0 Å². The fraction of sp³-hybridized carbons (Fsp3) is 0.435. The number of carbonyl (C=O) groups is 1. The number of H-pyrrole nitrogens is 1. The van der Waals surface area contributed by atoms with Gasteiger partial charge in [-0.15, -0.1) is 10.2 Å². The minimum Gasteiger partial charge on any atom is -0.425 e. The second-order valence-corrected chi connectivity index (χ2v) is 7.66. The van der Waals surface area contributed by atoms with Crippen LogP contribution in [0.2, 0.25) is 0 Å². The van der Waals surface area contributed by atoms with Crippen molar-refractivity contribution in [3.8, 4) is 0 Å². The summed E-state index contributed by atoms with van der Waals surface area (Å²) in [4.78, 5) is 15.3. The normalized spacial score (nSPS) is 14.1. The average Bonchev–Trinajstić information content (AvgIpc) is 3.38. The second kappa shape index (κ2) is 9.54. The molecule has 6 heteroatoms. The maximum atomic E-state index is 12.0. The van der Waals surface area contributed by atoms with Crippen molar-refractivity contribution >= 4 is 16.8 Å². The molecule has 6 nitrogen and oxygen atoms in total. The van der Waals surface area contributed by atoms with Gasteiger partial charge in [-0.05, 0) is 50.2 Å². The Morgan fingerprint density at radius 1 is 1.07 bits per heavy atom. The van der Waals surface area contributed by atoms with Gasteiger partial charge in [0.25, 0.3) is 0 Å². The molecule has 0 bridgehead atoms. The molecule has 0 saturated heterocycles. The molecule has 0 spiro atoms. The van der Waals surface area contributed by atoms with Crippen LogP contribution in [0.4, 0.5) is 0 Å². The lowest BCUT2D eigenvalue weighted by Gasteiger charge is -2.12. The first-order valence-electron chi connectivity index (χ1n) is 10.6. The Labute approximate surface area is 170 Å². The van der Waals surface area contributed by atoms with Crippen molar-refractivity contribution in [1.82, 2.24) is 20.5 Å². The van der Waals surface area contributed by atoms with Crippen LogP contribution in [-0.2, 0) is 24.1 Å². The molecule has 4 rings (SSSR count). The highest BCUT2D eigenvalue weighted by Gasteiger charge is 2.11. The van der Waals surface area contributed by atoms with Crippen molar-refractivity contribution in [2.45, 2.75) is 57.8 Å². The topological polar surface area (TPSA) is 83.8 Å². The predicted octanol–water partition coefficient (Wildman–Crippen LogP) is 4.28. The van der Waals surface area contributed by atoms with E-state index in [-0.39, 0.29) is 5.91 Å². The Bertz CT molecular complexity index is 986. The number of aryl methyl sites for hydroxylation is 3. The summed E-state index contributed by atoms with van der Waals surface area (Å²) in [5, 5.41) is 12.4. The van der Waals surface area contributed by atoms with Crippen molar-refractivity contribution in [3.05, 3.63) is 59.5 Å². The number of nitrogens with zero attached hydrogens (tertiary/aromatic N) is 2. The molecular formula is C23H28N4O2. The van der Waals surface area contributed by atoms with Crippen LogP contribution >= 0.6 is 0 Å². The van der Waals surface area contributed by atoms with Crippen LogP contribution in [0.15, 0.2) is 46.5 Å². The third-order valence-corrected chi connectivity index (χ3v) is 5.51. The lowest BCUT2D eigenvalue weighted by atomic mass is 9.97. The molecule has 152 valence electrons. The van der Waals surface area contributed by atoms with Gasteiger partial charge < -0.3 is 14.7 Å². The van der Waals surface area contributed by atoms with E-state index in [1.807, 2.05) is 18.3 Å². The van der Waals surface area contributed by atoms with E-state index in [9.17, 15) is 4.79 Å². The van der Waals surface area contributed by atoms with Gasteiger partial charge in [0.1, 0.15) is 0 Å². The van der Waals surface area contributed by atoms with Gasteiger partial charge in [0.2, 0.25) is 17.7 Å². The number of aromatic nitrogens is 3. The number of para-hydroxylation sites is 1. The Hall–Kier alpha value is -2.89. The van der Waals surface area contributed by atoms with Gasteiger partial charge in [-0.2, -0.15) is 0 Å². The number of benzene rings is 1. The highest BCUT2D eigenvalue weighted by molar-refractivity contribution is 5.83. The van der Waals surface area contributed by atoms with E-state index in [2.05, 4.69) is 38.7 Å². The van der Waals surface area contributed by atoms with E-state index < -0.39 is 0 Å². The van der Waals surface area contributed by atoms with Gasteiger partial charge in [-0.3, -0.25) is 4.79 Å². The average molecular weight is 393 g/mol. The molecule has 29 heavy (non-hydrogen) atoms. The molecule has 2 N–H and O–H groups in total. The standard InChI is InChI=1S/C23H28N4O2/c28-21(24-15-14-17-6-2-1-3-7-17)11-13-23-27-26-22(29-23)12-10-18-16-25-20-9-5-4-8-19(18)20/h4-6,8-9,16,25H,1-3,7,10-15H2,(H,24,28). The lowest BCUT2D eigenvalue weighted by molar-refractivity contribution is -0.121. The zero-order chi connectivity index (χ0) is 19.9. The lowest BCUT2D eigenvalue weighted by Crippen LogP contribution is -2.25. The summed E-state index contributed by atoms with van der Waals surface area (Å²) in [5.74, 6) is 1.19. The van der Waals surface area contributed by atoms with Gasteiger partial charge in [0, 0.05) is 42.9 Å². The zero-order valence-corrected chi connectivity index (χ0v) is 16.7. The number of fused-ring (bicyclic) bond motifs is 1. The van der Waals surface area contributed by atoms with Crippen molar-refractivity contribution in [2.75, 3.05) is 6.54 Å². The Balaban J connectivity index is 1.19. The fourth-order valence-corrected chi connectivity index (χ4v) is 3.87. The first kappa shape index (κ1) is 19.4. The first-order chi connectivity index (χ1) is 14.3. The van der Waals surface area contributed by atoms with Crippen LogP contribution in [0.5, 0.6) is 0 Å². The number of aromatic amines is 1. The molecule has 0 unspecified atom stereocenters. The third kappa shape index (κ3) is 5.34. The van der Waals surface area contributed by atoms with Crippen LogP contribution in [0, 0.1) is 0 Å². The fourth-order valence-electron chi connectivity index (χ4n) is 3.87. The molecule has 1 aliphatic rings. The van der Waals surface area contributed by atoms with E-state index in [1.165, 1.54) is 42.2 Å². The summed E-state index contributed by atoms with van der Waals surface area (Å²) in [6, 6.07) is 8.25. The van der Waals surface area contributed by atoms with Gasteiger partial charge in [0.05, 0.1) is 0 Å². The van der Waals surface area contributed by atoms with Crippen molar-refractivity contribution in [1.29, 1.82) is 0 Å². The quantitative estimate of drug-likeness (QED) is 0.533. The zero-order valence-electron chi connectivity index (χ0n) is 16.7. The predicted molar refractivity (Wildman–Crippen MR) is 113 cm³/mol. The molecular weight excluding hydrogens is 364 g/mol. The summed E-state index contributed by atoms with van der Waals surface area (Å²) in [6.07, 6.45) is 12.6. The van der Waals surface area contributed by atoms with Crippen LogP contribution in [0.1, 0.15) is 55.9 Å². The SMILES string of the molecule is O=C(CCc1nnc(CCc2c[nH]c3ccccc23)o1)NCCC1=CCCCC1. The highest BCUT2D eigenvalue weighted by Crippen LogP contribution is 2.20. The number of nitrogens with one attached hydrogen (secondary N) is 2. The summed E-state index contributed by atoms with van der Waals surface area (Å²) < 4.78 is 5.72. The van der Waals surface area contributed by atoms with E-state index in [4.69, 9.17) is 4.42 Å². The number of hydrogen-bond donors (Lipinski definition) is 2. The Morgan fingerprint density at radius 2 is 1.93 bits per heavy atom. The molecule has 2 heterocycles. The smallest absolute Gasteiger partial charge is 0.220 e. The molecule has 0 radical (unpaired) electrons. The summed E-state index contributed by atoms with van der Waals surface area (Å²) in [6.45, 7) is 0.713. The maximum absolute atomic E-state index is 12.0. The monoisotopic (exact) mass is 392 g/mol. The van der Waals surface area contributed by atoms with E-state index in [0.29, 0.717) is 37.6 Å². The van der Waals surface area contributed by atoms with Crippen LogP contribution < -0.4 is 5.32 Å². The van der Waals surface area contributed by atoms with E-state index in [1.54, 1.807) is 0 Å². The van der Waals surface area contributed by atoms with Crippen molar-refractivity contribution < 1.29 is 9.21 Å². The molecule has 1 amide bonds. The minimum absolute atomic E-state index is 0.0416. The highest BCUT2D eigenvalue weighted by atomic mass is 16.4. The molecule has 0 atom stereocenters. The third-order valence-electron chi connectivity index (χ3n) is 5.51. The molecule has 3 aromatic rings. The van der Waals surface area contributed by atoms with E-state index in [0.717, 1.165) is 18.4 Å². The maximum Gasteiger partial charge on any atom is 0.220 e. The molecule has 1 aliphatic carbocycles. The molecule has 0 aliphatic heterocycles.